The number of benzene rings is 2. The molecule has 58 heavy (non-hydrogen) atoms. The smallest absolute Gasteiger partial charge is 0.412 e. The quantitative estimate of drug-likeness (QED) is 0.0872. The summed E-state index contributed by atoms with van der Waals surface area (Å²) in [5, 5.41) is 13.8. The summed E-state index contributed by atoms with van der Waals surface area (Å²) in [7, 11) is -2.64. The van der Waals surface area contributed by atoms with Crippen molar-refractivity contribution < 1.29 is 41.5 Å². The molecule has 2 fully saturated rings. The Kier molecular flexibility index (Phi) is 15.2. The van der Waals surface area contributed by atoms with E-state index in [9.17, 15) is 18.0 Å². The van der Waals surface area contributed by atoms with Gasteiger partial charge in [0.15, 0.2) is 11.6 Å². The van der Waals surface area contributed by atoms with Crippen LogP contribution in [0.25, 0.3) is 22.8 Å². The van der Waals surface area contributed by atoms with Crippen molar-refractivity contribution >= 4 is 67.9 Å². The van der Waals surface area contributed by atoms with Crippen molar-refractivity contribution in [1.82, 2.24) is 19.9 Å². The molecular formula is C39H49IN8O9S. The molecule has 0 aliphatic carbocycles. The Morgan fingerprint density at radius 3 is 1.71 bits per heavy atom. The Morgan fingerprint density at radius 2 is 1.28 bits per heavy atom. The lowest BCUT2D eigenvalue weighted by Crippen LogP contribution is -2.44. The van der Waals surface area contributed by atoms with E-state index in [2.05, 4.69) is 69.1 Å². The maximum Gasteiger partial charge on any atom is 0.412 e. The van der Waals surface area contributed by atoms with E-state index >= 15 is 0 Å². The highest BCUT2D eigenvalue weighted by Gasteiger charge is 2.24. The lowest BCUT2D eigenvalue weighted by Gasteiger charge is -2.34. The molecule has 0 unspecified atom stereocenters. The first-order valence-electron chi connectivity index (χ1n) is 18.5. The predicted octanol–water partition coefficient (Wildman–Crippen LogP) is 6.59. The van der Waals surface area contributed by atoms with Gasteiger partial charge in [-0.05, 0) is 83.1 Å². The van der Waals surface area contributed by atoms with Crippen LogP contribution in [0.4, 0.5) is 32.6 Å². The first kappa shape index (κ1) is 44.4. The Bertz CT molecular complexity index is 2140. The number of morpholine rings is 2. The van der Waals surface area contributed by atoms with E-state index in [0.29, 0.717) is 73.1 Å². The summed E-state index contributed by atoms with van der Waals surface area (Å²) in [5.74, 6) is 2.16. The molecule has 2 atom stereocenters. The molecular weight excluding hydrogens is 883 g/mol. The van der Waals surface area contributed by atoms with E-state index in [1.54, 1.807) is 63.2 Å². The lowest BCUT2D eigenvalue weighted by atomic mass is 10.2. The Morgan fingerprint density at radius 1 is 0.810 bits per heavy atom. The van der Waals surface area contributed by atoms with Gasteiger partial charge in [-0.1, -0.05) is 22.6 Å². The number of amides is 2. The number of carbonyl (C=O) groups excluding carboxylic acids is 1. The summed E-state index contributed by atoms with van der Waals surface area (Å²) in [6.45, 7) is 13.4. The first-order chi connectivity index (χ1) is 27.5. The summed E-state index contributed by atoms with van der Waals surface area (Å²) < 4.78 is 45.8. The van der Waals surface area contributed by atoms with E-state index in [-0.39, 0.29) is 17.8 Å². The van der Waals surface area contributed by atoms with Crippen molar-refractivity contribution in [2.75, 3.05) is 67.1 Å². The zero-order valence-electron chi connectivity index (χ0n) is 33.3. The Hall–Kier alpha value is -4.70. The summed E-state index contributed by atoms with van der Waals surface area (Å²) in [5.41, 5.74) is 3.27. The van der Waals surface area contributed by atoms with Crippen LogP contribution in [0.1, 0.15) is 46.0 Å². The molecule has 17 nitrogen and oxygen atoms in total. The van der Waals surface area contributed by atoms with Gasteiger partial charge in [0.25, 0.3) is 10.1 Å². The third-order valence-electron chi connectivity index (χ3n) is 8.75. The van der Waals surface area contributed by atoms with Crippen LogP contribution in [0.3, 0.4) is 0 Å². The number of carbonyl (C=O) groups is 2. The van der Waals surface area contributed by atoms with Crippen LogP contribution < -0.4 is 20.4 Å². The van der Waals surface area contributed by atoms with Crippen LogP contribution in [-0.4, -0.2) is 110 Å². The number of ether oxygens (including phenoxy) is 3. The molecule has 3 N–H and O–H groups in total. The highest BCUT2D eigenvalue weighted by Crippen LogP contribution is 2.27. The van der Waals surface area contributed by atoms with Crippen molar-refractivity contribution in [1.29, 1.82) is 0 Å². The molecule has 2 aliphatic rings. The third-order valence-corrected chi connectivity index (χ3v) is 10.7. The minimum atomic E-state index is -3.76. The number of nitrogens with one attached hydrogen (secondary N) is 2. The lowest BCUT2D eigenvalue weighted by molar-refractivity contribution is 0.0635. The maximum absolute atomic E-state index is 12.0. The largest absolute Gasteiger partial charge is 0.465 e. The van der Waals surface area contributed by atoms with Crippen molar-refractivity contribution in [3.05, 3.63) is 72.1 Å². The number of hydrogen-bond donors (Lipinski definition) is 3. The normalized spacial score (nSPS) is 17.2. The van der Waals surface area contributed by atoms with Crippen LogP contribution in [-0.2, 0) is 38.7 Å². The van der Waals surface area contributed by atoms with Crippen LogP contribution in [0.5, 0.6) is 0 Å². The first-order valence-corrected chi connectivity index (χ1v) is 21.6. The Balaban J connectivity index is 0.000000229. The molecule has 19 heteroatoms. The number of nitrogens with zero attached hydrogens (tertiary/aromatic N) is 6. The summed E-state index contributed by atoms with van der Waals surface area (Å²) in [6, 6.07) is 18.0. The van der Waals surface area contributed by atoms with Crippen LogP contribution in [0.2, 0.25) is 0 Å². The van der Waals surface area contributed by atoms with Gasteiger partial charge >= 0.3 is 12.2 Å². The zero-order chi connectivity index (χ0) is 42.0. The van der Waals surface area contributed by atoms with E-state index in [1.165, 1.54) is 0 Å². The van der Waals surface area contributed by atoms with Gasteiger partial charge in [-0.3, -0.25) is 14.8 Å². The molecule has 4 aromatic rings. The molecule has 2 saturated heterocycles. The second kappa shape index (κ2) is 19.8. The van der Waals surface area contributed by atoms with Crippen molar-refractivity contribution in [2.24, 2.45) is 0 Å². The standard InChI is InChI=1S/C22H30N4O6S.C17H19IN4O3/c1-15-13-31-11-10-26(15)19-12-18(14-33(28,29)30-5)23-20(25-19)16-6-8-17(9-7-16)24-21(27)32-22(2,3)4;1-11-10-25-7-6-22(11)15-8-14(9-18)19-16(21-15)12-2-4-13(5-3-12)20-17(23)24/h6-9,12,15H,10-11,13-14H2,1-5H3,(H,24,27);2-5,8,11,20H,6-7,9-10H2,1H3,(H,23,24)/t15-;11-/m00/s1. The molecule has 2 aliphatic heterocycles. The molecule has 6 rings (SSSR count). The van der Waals surface area contributed by atoms with Gasteiger partial charge < -0.3 is 29.1 Å². The second-order valence-corrected chi connectivity index (χ2v) is 17.0. The number of halogens is 1. The van der Waals surface area contributed by atoms with Gasteiger partial charge in [-0.25, -0.2) is 29.5 Å². The fraction of sp³-hybridized carbons (Fsp3) is 0.436. The molecule has 2 aromatic carbocycles. The minimum absolute atomic E-state index is 0.0776. The van der Waals surface area contributed by atoms with E-state index < -0.39 is 27.9 Å². The SMILES string of the molecule is COS(=O)(=O)Cc1cc(N2CCOC[C@@H]2C)nc(-c2ccc(NC(=O)OC(C)(C)C)cc2)n1.C[C@H]1COCCN1c1cc(CI)nc(-c2ccc(NC(=O)O)cc2)n1. The number of rotatable bonds is 10. The van der Waals surface area contributed by atoms with E-state index in [4.69, 9.17) is 24.3 Å². The second-order valence-electron chi connectivity index (χ2n) is 14.5. The molecule has 2 amide bonds. The average molecular weight is 933 g/mol. The monoisotopic (exact) mass is 932 g/mol. The van der Waals surface area contributed by atoms with Gasteiger partial charge in [0.05, 0.1) is 57.0 Å². The van der Waals surface area contributed by atoms with E-state index in [0.717, 1.165) is 35.2 Å². The van der Waals surface area contributed by atoms with Crippen molar-refractivity contribution in [3.8, 4) is 22.8 Å². The number of aromatic nitrogens is 4. The zero-order valence-corrected chi connectivity index (χ0v) is 36.2. The fourth-order valence-corrected chi connectivity index (χ4v) is 7.01. The van der Waals surface area contributed by atoms with Gasteiger partial charge in [-0.15, -0.1) is 0 Å². The topological polar surface area (TPSA) is 208 Å². The highest BCUT2D eigenvalue weighted by molar-refractivity contribution is 14.1. The molecule has 312 valence electrons. The number of alkyl halides is 1. The third kappa shape index (κ3) is 12.9. The molecule has 4 heterocycles. The van der Waals surface area contributed by atoms with Gasteiger partial charge in [0.2, 0.25) is 0 Å². The fourth-order valence-electron chi connectivity index (χ4n) is 5.99. The van der Waals surface area contributed by atoms with Crippen LogP contribution in [0.15, 0.2) is 60.7 Å². The Labute approximate surface area is 352 Å². The summed E-state index contributed by atoms with van der Waals surface area (Å²) in [6.07, 6.45) is -1.64. The molecule has 0 saturated carbocycles. The number of anilines is 4. The van der Waals surface area contributed by atoms with Crippen LogP contribution in [0, 0.1) is 0 Å². The molecule has 0 bridgehead atoms. The summed E-state index contributed by atoms with van der Waals surface area (Å²) >= 11 is 2.29. The van der Waals surface area contributed by atoms with Crippen molar-refractivity contribution in [2.45, 2.75) is 62.5 Å². The number of carboxylic acid groups (broad SMARTS) is 1. The number of hydrogen-bond acceptors (Lipinski definition) is 14. The predicted molar refractivity (Wildman–Crippen MR) is 229 cm³/mol. The van der Waals surface area contributed by atoms with Crippen LogP contribution >= 0.6 is 22.6 Å². The van der Waals surface area contributed by atoms with Gasteiger partial charge in [0, 0.05) is 52.2 Å². The van der Waals surface area contributed by atoms with E-state index in [1.807, 2.05) is 25.1 Å². The van der Waals surface area contributed by atoms with Gasteiger partial charge in [0.1, 0.15) is 23.0 Å². The molecule has 0 spiro atoms. The summed E-state index contributed by atoms with van der Waals surface area (Å²) in [4.78, 5) is 45.5. The van der Waals surface area contributed by atoms with Crippen molar-refractivity contribution in [3.63, 3.8) is 0 Å². The van der Waals surface area contributed by atoms with Gasteiger partial charge in [-0.2, -0.15) is 8.42 Å². The molecule has 2 aromatic heterocycles. The molecule has 0 radical (unpaired) electrons. The highest BCUT2D eigenvalue weighted by atomic mass is 127. The minimum Gasteiger partial charge on any atom is -0.465 e. The average Bonchev–Trinajstić information content (AvgIpc) is 3.17. The maximum atomic E-state index is 12.0.